The van der Waals surface area contributed by atoms with Gasteiger partial charge in [-0.3, -0.25) is 39.5 Å². The molecule has 3 rings (SSSR count). The highest BCUT2D eigenvalue weighted by Crippen LogP contribution is 2.39. The van der Waals surface area contributed by atoms with Gasteiger partial charge in [-0.15, -0.1) is 0 Å². The molecule has 1 N–H and O–H groups in total. The predicted molar refractivity (Wildman–Crippen MR) is 101 cm³/mol. The third kappa shape index (κ3) is 4.23. The van der Waals surface area contributed by atoms with Crippen molar-refractivity contribution in [1.82, 2.24) is 9.80 Å². The number of rotatable bonds is 5. The molecule has 14 heteroatoms. The molecule has 13 nitrogen and oxygen atoms in total. The van der Waals surface area contributed by atoms with Crippen molar-refractivity contribution in [2.75, 3.05) is 32.8 Å². The van der Waals surface area contributed by atoms with Crippen LogP contribution in [0.2, 0.25) is 0 Å². The summed E-state index contributed by atoms with van der Waals surface area (Å²) in [5.74, 6) is -2.18. The lowest BCUT2D eigenvalue weighted by Gasteiger charge is -2.28. The fourth-order valence-corrected chi connectivity index (χ4v) is 3.63. The molecule has 30 heavy (non-hydrogen) atoms. The molecule has 0 atom stereocenters. The Hall–Kier alpha value is -3.52. The summed E-state index contributed by atoms with van der Waals surface area (Å²) in [6.07, 6.45) is 0.944. The van der Waals surface area contributed by atoms with Crippen LogP contribution in [0.4, 0.5) is 16.2 Å². The molecule has 3 amide bonds. The molecule has 0 radical (unpaired) electrons. The van der Waals surface area contributed by atoms with Crippen LogP contribution < -0.4 is 0 Å². The highest BCUT2D eigenvalue weighted by atomic mass is 32.2. The standard InChI is InChI=1S/C16H14N4O9S/c21-13(17-1-3-29-4-2-17)8-18-15(23)12(30-16(18)24)6-9-5-10(19(25)26)7-11(14(9)22)20(27)28/h5-7,22H,1-4,8H2/b12-6-. The van der Waals surface area contributed by atoms with Crippen LogP contribution in [0.15, 0.2) is 17.0 Å². The van der Waals surface area contributed by atoms with E-state index in [9.17, 15) is 39.7 Å². The van der Waals surface area contributed by atoms with E-state index in [-0.39, 0.29) is 10.5 Å². The highest BCUT2D eigenvalue weighted by molar-refractivity contribution is 8.18. The summed E-state index contributed by atoms with van der Waals surface area (Å²) in [7, 11) is 0. The number of ether oxygens (including phenoxy) is 1. The van der Waals surface area contributed by atoms with Crippen LogP contribution in [-0.4, -0.2) is 74.7 Å². The van der Waals surface area contributed by atoms with Crippen LogP contribution >= 0.6 is 11.8 Å². The van der Waals surface area contributed by atoms with Crippen LogP contribution in [0.3, 0.4) is 0 Å². The largest absolute Gasteiger partial charge is 0.502 e. The third-order valence-electron chi connectivity index (χ3n) is 4.33. The Morgan fingerprint density at radius 2 is 1.87 bits per heavy atom. The second-order valence-electron chi connectivity index (χ2n) is 6.18. The number of hydrogen-bond donors (Lipinski definition) is 1. The lowest BCUT2D eigenvalue weighted by molar-refractivity contribution is -0.394. The molecule has 0 saturated carbocycles. The Bertz CT molecular complexity index is 987. The van der Waals surface area contributed by atoms with Gasteiger partial charge in [-0.05, 0) is 17.8 Å². The van der Waals surface area contributed by atoms with E-state index in [0.717, 1.165) is 12.1 Å². The highest BCUT2D eigenvalue weighted by Gasteiger charge is 2.38. The van der Waals surface area contributed by atoms with E-state index in [4.69, 9.17) is 4.74 Å². The van der Waals surface area contributed by atoms with Crippen LogP contribution in [0, 0.1) is 20.2 Å². The van der Waals surface area contributed by atoms with Crippen molar-refractivity contribution < 1.29 is 34.1 Å². The number of phenols is 1. The van der Waals surface area contributed by atoms with Gasteiger partial charge in [0.1, 0.15) is 6.54 Å². The molecule has 0 unspecified atom stereocenters. The average Bonchev–Trinajstić information content (AvgIpc) is 2.97. The number of carbonyl (C=O) groups excluding carboxylic acids is 3. The number of imide groups is 1. The van der Waals surface area contributed by atoms with Crippen molar-refractivity contribution in [1.29, 1.82) is 0 Å². The summed E-state index contributed by atoms with van der Waals surface area (Å²) >= 11 is 0.455. The Balaban J connectivity index is 1.87. The van der Waals surface area contributed by atoms with E-state index in [1.165, 1.54) is 4.90 Å². The van der Waals surface area contributed by atoms with Gasteiger partial charge < -0.3 is 14.7 Å². The summed E-state index contributed by atoms with van der Waals surface area (Å²) < 4.78 is 5.14. The van der Waals surface area contributed by atoms with Crippen molar-refractivity contribution in [2.24, 2.45) is 0 Å². The van der Waals surface area contributed by atoms with Gasteiger partial charge in [0.05, 0.1) is 34.0 Å². The Labute approximate surface area is 172 Å². The Kier molecular flexibility index (Phi) is 5.98. The molecule has 2 heterocycles. The zero-order valence-electron chi connectivity index (χ0n) is 15.2. The van der Waals surface area contributed by atoms with E-state index < -0.39 is 50.6 Å². The normalized spacial score (nSPS) is 18.2. The first kappa shape index (κ1) is 21.2. The lowest BCUT2D eigenvalue weighted by Crippen LogP contribution is -2.46. The first-order valence-corrected chi connectivity index (χ1v) is 9.27. The molecule has 158 valence electrons. The topological polar surface area (TPSA) is 173 Å². The molecule has 2 saturated heterocycles. The van der Waals surface area contributed by atoms with E-state index in [1.54, 1.807) is 0 Å². The van der Waals surface area contributed by atoms with E-state index in [1.807, 2.05) is 0 Å². The minimum atomic E-state index is -1.01. The molecule has 2 fully saturated rings. The van der Waals surface area contributed by atoms with Gasteiger partial charge in [-0.25, -0.2) is 0 Å². The smallest absolute Gasteiger partial charge is 0.318 e. The fraction of sp³-hybridized carbons (Fsp3) is 0.312. The van der Waals surface area contributed by atoms with Crippen molar-refractivity contribution in [2.45, 2.75) is 0 Å². The number of hydrogen-bond acceptors (Lipinski definition) is 10. The monoisotopic (exact) mass is 438 g/mol. The van der Waals surface area contributed by atoms with Crippen molar-refractivity contribution in [3.63, 3.8) is 0 Å². The van der Waals surface area contributed by atoms with Gasteiger partial charge in [-0.1, -0.05) is 0 Å². The number of nitrogens with zero attached hydrogens (tertiary/aromatic N) is 4. The quantitative estimate of drug-likeness (QED) is 0.398. The minimum Gasteiger partial charge on any atom is -0.502 e. The minimum absolute atomic E-state index is 0.236. The maximum atomic E-state index is 12.6. The van der Waals surface area contributed by atoms with Crippen LogP contribution in [0.25, 0.3) is 6.08 Å². The molecule has 0 bridgehead atoms. The maximum absolute atomic E-state index is 12.6. The van der Waals surface area contributed by atoms with Gasteiger partial charge in [-0.2, -0.15) is 0 Å². The summed E-state index contributed by atoms with van der Waals surface area (Å²) in [6, 6.07) is 1.43. The van der Waals surface area contributed by atoms with Gasteiger partial charge >= 0.3 is 5.69 Å². The van der Waals surface area contributed by atoms with Crippen molar-refractivity contribution in [3.8, 4) is 5.75 Å². The van der Waals surface area contributed by atoms with Crippen LogP contribution in [0.1, 0.15) is 5.56 Å². The van der Waals surface area contributed by atoms with Crippen molar-refractivity contribution >= 4 is 46.3 Å². The summed E-state index contributed by atoms with van der Waals surface area (Å²) in [5.41, 5.74) is -1.97. The molecule has 2 aliphatic heterocycles. The van der Waals surface area contributed by atoms with E-state index in [0.29, 0.717) is 49.0 Å². The molecular formula is C16H14N4O9S. The van der Waals surface area contributed by atoms with E-state index >= 15 is 0 Å². The number of nitro groups is 2. The number of thioether (sulfide) groups is 1. The summed E-state index contributed by atoms with van der Waals surface area (Å²) in [6.45, 7) is 0.853. The number of amides is 3. The van der Waals surface area contributed by atoms with Gasteiger partial charge in [0.2, 0.25) is 11.7 Å². The zero-order chi connectivity index (χ0) is 22.0. The Morgan fingerprint density at radius 1 is 1.20 bits per heavy atom. The number of benzene rings is 1. The number of morpholine rings is 1. The second kappa shape index (κ2) is 8.46. The first-order chi connectivity index (χ1) is 14.2. The first-order valence-electron chi connectivity index (χ1n) is 8.45. The number of aromatic hydroxyl groups is 1. The number of non-ortho nitro benzene ring substituents is 1. The SMILES string of the molecule is O=C(CN1C(=O)S/C(=C\c2cc([N+](=O)[O-])cc([N+](=O)[O-])c2O)C1=O)N1CCOCC1. The molecule has 1 aromatic carbocycles. The van der Waals surface area contributed by atoms with Crippen molar-refractivity contribution in [3.05, 3.63) is 42.8 Å². The lowest BCUT2D eigenvalue weighted by atomic mass is 10.1. The maximum Gasteiger partial charge on any atom is 0.318 e. The summed E-state index contributed by atoms with van der Waals surface area (Å²) in [5, 5.41) is 31.4. The third-order valence-corrected chi connectivity index (χ3v) is 5.24. The van der Waals surface area contributed by atoms with Gasteiger partial charge in [0.15, 0.2) is 0 Å². The van der Waals surface area contributed by atoms with Gasteiger partial charge in [0.25, 0.3) is 16.8 Å². The number of nitro benzene ring substituents is 2. The number of phenolic OH excluding ortho intramolecular Hbond substituents is 1. The average molecular weight is 438 g/mol. The summed E-state index contributed by atoms with van der Waals surface area (Å²) in [4.78, 5) is 59.1. The predicted octanol–water partition coefficient (Wildman–Crippen LogP) is 1.10. The molecular weight excluding hydrogens is 424 g/mol. The molecule has 1 aromatic rings. The molecule has 0 spiro atoms. The Morgan fingerprint density at radius 3 is 2.47 bits per heavy atom. The van der Waals surface area contributed by atoms with Crippen LogP contribution in [0.5, 0.6) is 5.75 Å². The van der Waals surface area contributed by atoms with Gasteiger partial charge in [0, 0.05) is 24.7 Å². The molecule has 2 aliphatic rings. The number of carbonyl (C=O) groups is 3. The molecule has 0 aromatic heterocycles. The zero-order valence-corrected chi connectivity index (χ0v) is 16.0. The molecule has 0 aliphatic carbocycles. The fourth-order valence-electron chi connectivity index (χ4n) is 2.81. The van der Waals surface area contributed by atoms with Crippen LogP contribution in [-0.2, 0) is 14.3 Å². The van der Waals surface area contributed by atoms with E-state index in [2.05, 4.69) is 0 Å². The second-order valence-corrected chi connectivity index (χ2v) is 7.17.